The van der Waals surface area contributed by atoms with Crippen molar-refractivity contribution >= 4 is 29.2 Å². The Morgan fingerprint density at radius 3 is 2.65 bits per heavy atom. The molecule has 0 saturated carbocycles. The summed E-state index contributed by atoms with van der Waals surface area (Å²) < 4.78 is 9.30. The van der Waals surface area contributed by atoms with Crippen molar-refractivity contribution in [3.8, 4) is 0 Å². The Bertz CT molecular complexity index is 447. The van der Waals surface area contributed by atoms with Crippen LogP contribution in [0.3, 0.4) is 0 Å². The van der Waals surface area contributed by atoms with E-state index in [1.165, 1.54) is 26.2 Å². The summed E-state index contributed by atoms with van der Waals surface area (Å²) in [6.45, 7) is 1.41. The minimum atomic E-state index is -0.995. The monoisotopic (exact) mass is 257 g/mol. The van der Waals surface area contributed by atoms with Crippen LogP contribution in [0, 0.1) is 0 Å². The third-order valence-electron chi connectivity index (χ3n) is 2.05. The second-order valence-corrected chi connectivity index (χ2v) is 3.74. The van der Waals surface area contributed by atoms with Crippen LogP contribution in [0.4, 0.5) is 5.69 Å². The Morgan fingerprint density at radius 1 is 1.41 bits per heavy atom. The molecule has 92 valence electrons. The number of esters is 2. The lowest BCUT2D eigenvalue weighted by Crippen LogP contribution is -2.25. The van der Waals surface area contributed by atoms with Crippen molar-refractivity contribution in [2.45, 2.75) is 13.0 Å². The van der Waals surface area contributed by atoms with Gasteiger partial charge in [0, 0.05) is 10.7 Å². The SMILES string of the molecule is COC(=O)C(C)OC(=O)c1cc(Cl)ccc1N. The number of rotatable bonds is 3. The number of nitrogens with two attached hydrogens (primary N) is 1. The van der Waals surface area contributed by atoms with Gasteiger partial charge >= 0.3 is 11.9 Å². The van der Waals surface area contributed by atoms with Gasteiger partial charge in [-0.25, -0.2) is 9.59 Å². The molecule has 1 rings (SSSR count). The van der Waals surface area contributed by atoms with Crippen molar-refractivity contribution in [1.82, 2.24) is 0 Å². The normalized spacial score (nSPS) is 11.7. The molecule has 0 radical (unpaired) electrons. The maximum Gasteiger partial charge on any atom is 0.346 e. The van der Waals surface area contributed by atoms with E-state index < -0.39 is 18.0 Å². The second-order valence-electron chi connectivity index (χ2n) is 3.30. The average Bonchev–Trinajstić information content (AvgIpc) is 2.30. The van der Waals surface area contributed by atoms with Gasteiger partial charge in [-0.1, -0.05) is 11.6 Å². The molecule has 17 heavy (non-hydrogen) atoms. The molecule has 5 nitrogen and oxygen atoms in total. The van der Waals surface area contributed by atoms with Crippen LogP contribution in [0.15, 0.2) is 18.2 Å². The predicted molar refractivity (Wildman–Crippen MR) is 62.8 cm³/mol. The van der Waals surface area contributed by atoms with E-state index in [1.54, 1.807) is 6.07 Å². The number of benzene rings is 1. The topological polar surface area (TPSA) is 78.6 Å². The van der Waals surface area contributed by atoms with Crippen LogP contribution in [0.5, 0.6) is 0 Å². The number of nitrogen functional groups attached to an aromatic ring is 1. The molecule has 0 aromatic heterocycles. The van der Waals surface area contributed by atoms with E-state index in [1.807, 2.05) is 0 Å². The Kier molecular flexibility index (Phi) is 4.34. The van der Waals surface area contributed by atoms with Gasteiger partial charge in [0.15, 0.2) is 6.10 Å². The molecule has 0 spiro atoms. The lowest BCUT2D eigenvalue weighted by atomic mass is 10.2. The minimum Gasteiger partial charge on any atom is -0.466 e. The zero-order valence-corrected chi connectivity index (χ0v) is 10.2. The van der Waals surface area contributed by atoms with Crippen molar-refractivity contribution in [3.63, 3.8) is 0 Å². The first kappa shape index (κ1) is 13.3. The summed E-state index contributed by atoms with van der Waals surface area (Å²) >= 11 is 5.73. The molecule has 2 N–H and O–H groups in total. The third-order valence-corrected chi connectivity index (χ3v) is 2.29. The number of halogens is 1. The van der Waals surface area contributed by atoms with E-state index in [-0.39, 0.29) is 11.3 Å². The Labute approximate surface area is 103 Å². The van der Waals surface area contributed by atoms with Crippen LogP contribution in [0.25, 0.3) is 0 Å². The van der Waals surface area contributed by atoms with Crippen LogP contribution in [-0.4, -0.2) is 25.2 Å². The molecule has 1 aromatic rings. The summed E-state index contributed by atoms with van der Waals surface area (Å²) in [5, 5.41) is 0.358. The number of carbonyl (C=O) groups is 2. The van der Waals surface area contributed by atoms with Crippen LogP contribution < -0.4 is 5.73 Å². The number of anilines is 1. The fourth-order valence-corrected chi connectivity index (χ4v) is 1.32. The molecular formula is C11H12ClNO4. The van der Waals surface area contributed by atoms with Gasteiger partial charge in [0.1, 0.15) is 0 Å². The predicted octanol–water partition coefficient (Wildman–Crippen LogP) is 1.64. The molecule has 0 aliphatic carbocycles. The smallest absolute Gasteiger partial charge is 0.346 e. The molecule has 0 fully saturated rings. The fourth-order valence-electron chi connectivity index (χ4n) is 1.14. The molecule has 0 amide bonds. The van der Waals surface area contributed by atoms with Gasteiger partial charge in [0.05, 0.1) is 12.7 Å². The highest BCUT2D eigenvalue weighted by Gasteiger charge is 2.20. The van der Waals surface area contributed by atoms with E-state index in [2.05, 4.69) is 4.74 Å². The maximum atomic E-state index is 11.7. The Hall–Kier alpha value is -1.75. The molecule has 6 heteroatoms. The van der Waals surface area contributed by atoms with Gasteiger partial charge in [-0.05, 0) is 25.1 Å². The summed E-state index contributed by atoms with van der Waals surface area (Å²) in [5.74, 6) is -1.36. The average molecular weight is 258 g/mol. The molecule has 0 bridgehead atoms. The van der Waals surface area contributed by atoms with Crippen molar-refractivity contribution in [2.24, 2.45) is 0 Å². The van der Waals surface area contributed by atoms with Crippen LogP contribution >= 0.6 is 11.6 Å². The van der Waals surface area contributed by atoms with Gasteiger partial charge in [0.2, 0.25) is 0 Å². The van der Waals surface area contributed by atoms with Crippen molar-refractivity contribution < 1.29 is 19.1 Å². The zero-order valence-electron chi connectivity index (χ0n) is 9.40. The van der Waals surface area contributed by atoms with Crippen LogP contribution in [-0.2, 0) is 14.3 Å². The van der Waals surface area contributed by atoms with E-state index >= 15 is 0 Å². The van der Waals surface area contributed by atoms with E-state index in [9.17, 15) is 9.59 Å². The number of hydrogen-bond donors (Lipinski definition) is 1. The third kappa shape index (κ3) is 3.35. The van der Waals surface area contributed by atoms with Crippen LogP contribution in [0.2, 0.25) is 5.02 Å². The van der Waals surface area contributed by atoms with Crippen molar-refractivity contribution in [2.75, 3.05) is 12.8 Å². The minimum absolute atomic E-state index is 0.119. The molecule has 1 aromatic carbocycles. The summed E-state index contributed by atoms with van der Waals surface area (Å²) in [5.41, 5.74) is 5.95. The first-order valence-electron chi connectivity index (χ1n) is 4.79. The first-order valence-corrected chi connectivity index (χ1v) is 5.17. The maximum absolute atomic E-state index is 11.7. The fraction of sp³-hybridized carbons (Fsp3) is 0.273. The van der Waals surface area contributed by atoms with Crippen molar-refractivity contribution in [1.29, 1.82) is 0 Å². The molecule has 0 heterocycles. The molecule has 1 unspecified atom stereocenters. The Balaban J connectivity index is 2.83. The molecule has 0 aliphatic rings. The number of carbonyl (C=O) groups excluding carboxylic acids is 2. The number of ether oxygens (including phenoxy) is 2. The quantitative estimate of drug-likeness (QED) is 0.658. The Morgan fingerprint density at radius 2 is 2.06 bits per heavy atom. The van der Waals surface area contributed by atoms with E-state index in [0.29, 0.717) is 5.02 Å². The molecular weight excluding hydrogens is 246 g/mol. The molecule has 0 aliphatic heterocycles. The zero-order chi connectivity index (χ0) is 13.0. The highest BCUT2D eigenvalue weighted by molar-refractivity contribution is 6.31. The molecule has 0 saturated heterocycles. The molecule has 1 atom stereocenters. The van der Waals surface area contributed by atoms with Crippen molar-refractivity contribution in [3.05, 3.63) is 28.8 Å². The number of hydrogen-bond acceptors (Lipinski definition) is 5. The van der Waals surface area contributed by atoms with Crippen LogP contribution in [0.1, 0.15) is 17.3 Å². The largest absolute Gasteiger partial charge is 0.466 e. The summed E-state index contributed by atoms with van der Waals surface area (Å²) in [7, 11) is 1.21. The summed E-state index contributed by atoms with van der Waals surface area (Å²) in [4.78, 5) is 22.8. The van der Waals surface area contributed by atoms with Gasteiger partial charge in [-0.2, -0.15) is 0 Å². The highest BCUT2D eigenvalue weighted by atomic mass is 35.5. The first-order chi connectivity index (χ1) is 7.95. The lowest BCUT2D eigenvalue weighted by molar-refractivity contribution is -0.149. The summed E-state index contributed by atoms with van der Waals surface area (Å²) in [6.07, 6.45) is -0.995. The van der Waals surface area contributed by atoms with Gasteiger partial charge in [-0.15, -0.1) is 0 Å². The summed E-state index contributed by atoms with van der Waals surface area (Å²) in [6, 6.07) is 4.42. The highest BCUT2D eigenvalue weighted by Crippen LogP contribution is 2.19. The lowest BCUT2D eigenvalue weighted by Gasteiger charge is -2.12. The van der Waals surface area contributed by atoms with E-state index in [0.717, 1.165) is 0 Å². The van der Waals surface area contributed by atoms with E-state index in [4.69, 9.17) is 22.1 Å². The van der Waals surface area contributed by atoms with Gasteiger partial charge < -0.3 is 15.2 Å². The second kappa shape index (κ2) is 5.54. The standard InChI is InChI=1S/C11H12ClNO4/c1-6(10(14)16-2)17-11(15)8-5-7(12)3-4-9(8)13/h3-6H,13H2,1-2H3. The number of methoxy groups -OCH3 is 1. The van der Waals surface area contributed by atoms with Gasteiger partial charge in [0.25, 0.3) is 0 Å². The van der Waals surface area contributed by atoms with Gasteiger partial charge in [-0.3, -0.25) is 0 Å².